The highest BCUT2D eigenvalue weighted by Gasteiger charge is 2.06. The lowest BCUT2D eigenvalue weighted by Crippen LogP contribution is -2.29. The fraction of sp³-hybridized carbons (Fsp3) is 0. The lowest BCUT2D eigenvalue weighted by molar-refractivity contribution is 0.918. The number of H-pyrrole nitrogens is 1. The number of rotatable bonds is 1. The number of pyridine rings is 1. The topological polar surface area (TPSA) is 88.7 Å². The molecule has 6 nitrogen and oxygen atoms in total. The van der Waals surface area contributed by atoms with E-state index in [0.29, 0.717) is 10.8 Å². The van der Waals surface area contributed by atoms with Gasteiger partial charge in [0.25, 0.3) is 5.56 Å². The van der Waals surface area contributed by atoms with Crippen LogP contribution in [-0.2, 0) is 0 Å². The quantitative estimate of drug-likeness (QED) is 0.532. The number of aromatic nitrogens is 3. The van der Waals surface area contributed by atoms with E-state index in [9.17, 15) is 4.79 Å². The minimum atomic E-state index is -0.332. The molecule has 0 aromatic carbocycles. The van der Waals surface area contributed by atoms with Crippen molar-refractivity contribution in [2.24, 2.45) is 0 Å². The van der Waals surface area contributed by atoms with E-state index in [1.165, 1.54) is 12.3 Å². The molecule has 0 fully saturated rings. The highest BCUT2D eigenvalue weighted by atomic mass is 35.5. The first-order valence-corrected chi connectivity index (χ1v) is 5.35. The van der Waals surface area contributed by atoms with Crippen LogP contribution in [0.4, 0.5) is 11.5 Å². The Morgan fingerprint density at radius 2 is 2.35 bits per heavy atom. The molecule has 0 aliphatic carbocycles. The average Bonchev–Trinajstić information content (AvgIpc) is 2.61. The van der Waals surface area contributed by atoms with Gasteiger partial charge < -0.3 is 11.1 Å². The molecule has 17 heavy (non-hydrogen) atoms. The number of halogens is 1. The Morgan fingerprint density at radius 3 is 2.88 bits per heavy atom. The van der Waals surface area contributed by atoms with Gasteiger partial charge in [-0.2, -0.15) is 4.68 Å². The molecule has 0 radical (unpaired) electrons. The molecular weight excluding hydrogens is 262 g/mol. The smallest absolute Gasteiger partial charge is 0.275 e. The van der Waals surface area contributed by atoms with E-state index in [1.807, 2.05) is 0 Å². The van der Waals surface area contributed by atoms with E-state index in [2.05, 4.69) is 15.4 Å². The van der Waals surface area contributed by atoms with Crippen LogP contribution in [0.5, 0.6) is 0 Å². The maximum atomic E-state index is 11.4. The third kappa shape index (κ3) is 2.63. The summed E-state index contributed by atoms with van der Waals surface area (Å²) in [7, 11) is 0. The second-order valence-electron chi connectivity index (χ2n) is 3.18. The molecule has 0 amide bonds. The van der Waals surface area contributed by atoms with E-state index < -0.39 is 0 Å². The first kappa shape index (κ1) is 11.6. The Balaban J connectivity index is 2.20. The van der Waals surface area contributed by atoms with Gasteiger partial charge in [0, 0.05) is 6.07 Å². The van der Waals surface area contributed by atoms with Gasteiger partial charge in [-0.05, 0) is 24.4 Å². The first-order chi connectivity index (χ1) is 8.06. The lowest BCUT2D eigenvalue weighted by atomic mass is 10.4. The number of hydrogen-bond donors (Lipinski definition) is 3. The normalized spacial score (nSPS) is 10.2. The van der Waals surface area contributed by atoms with Crippen LogP contribution in [0.3, 0.4) is 0 Å². The summed E-state index contributed by atoms with van der Waals surface area (Å²) < 4.78 is 1.12. The fourth-order valence-electron chi connectivity index (χ4n) is 1.19. The second kappa shape index (κ2) is 4.56. The molecular formula is C9H8ClN5OS. The van der Waals surface area contributed by atoms with Crippen molar-refractivity contribution in [3.05, 3.63) is 39.9 Å². The van der Waals surface area contributed by atoms with Crippen molar-refractivity contribution < 1.29 is 0 Å². The van der Waals surface area contributed by atoms with Gasteiger partial charge in [0.05, 0.1) is 11.9 Å². The van der Waals surface area contributed by atoms with Gasteiger partial charge in [0.1, 0.15) is 11.0 Å². The van der Waals surface area contributed by atoms with Crippen molar-refractivity contribution in [2.45, 2.75) is 0 Å². The van der Waals surface area contributed by atoms with Crippen LogP contribution < -0.4 is 16.6 Å². The molecule has 0 atom stereocenters. The predicted octanol–water partition coefficient (Wildman–Crippen LogP) is 1.05. The van der Waals surface area contributed by atoms with Crippen LogP contribution in [-0.4, -0.2) is 19.9 Å². The standard InChI is InChI=1S/C9H8ClN5OS/c10-6-2-1-5(4-12-6)13-9(17)15-8(16)3-7(11)14-15/h1-4,14H,11H2,(H,13,17). The molecule has 0 saturated carbocycles. The molecule has 0 bridgehead atoms. The van der Waals surface area contributed by atoms with E-state index >= 15 is 0 Å². The molecule has 4 N–H and O–H groups in total. The van der Waals surface area contributed by atoms with E-state index in [1.54, 1.807) is 12.1 Å². The van der Waals surface area contributed by atoms with Crippen molar-refractivity contribution in [1.82, 2.24) is 14.8 Å². The fourth-order valence-corrected chi connectivity index (χ4v) is 1.56. The molecule has 8 heteroatoms. The predicted molar refractivity (Wildman–Crippen MR) is 70.3 cm³/mol. The number of aromatic amines is 1. The SMILES string of the molecule is Nc1cc(=O)n(C(=S)Nc2ccc(Cl)nc2)[nH]1. The number of nitrogen functional groups attached to an aromatic ring is 1. The zero-order valence-electron chi connectivity index (χ0n) is 8.48. The van der Waals surface area contributed by atoms with Crippen molar-refractivity contribution in [3.63, 3.8) is 0 Å². The average molecular weight is 270 g/mol. The van der Waals surface area contributed by atoms with Crippen molar-refractivity contribution in [3.8, 4) is 0 Å². The summed E-state index contributed by atoms with van der Waals surface area (Å²) in [5, 5.41) is 5.99. The summed E-state index contributed by atoms with van der Waals surface area (Å²) in [6.07, 6.45) is 1.51. The van der Waals surface area contributed by atoms with Gasteiger partial charge in [0.15, 0.2) is 5.11 Å². The summed E-state index contributed by atoms with van der Waals surface area (Å²) >= 11 is 10.7. The van der Waals surface area contributed by atoms with Crippen molar-refractivity contribution >= 4 is 40.4 Å². The Bertz CT molecular complexity index is 603. The lowest BCUT2D eigenvalue weighted by Gasteiger charge is -2.07. The maximum absolute atomic E-state index is 11.4. The zero-order valence-corrected chi connectivity index (χ0v) is 10.0. The van der Waals surface area contributed by atoms with Crippen LogP contribution in [0.15, 0.2) is 29.2 Å². The summed E-state index contributed by atoms with van der Waals surface area (Å²) in [5.41, 5.74) is 5.73. The summed E-state index contributed by atoms with van der Waals surface area (Å²) in [5.74, 6) is 0.244. The van der Waals surface area contributed by atoms with Crippen molar-refractivity contribution in [1.29, 1.82) is 0 Å². The molecule has 88 valence electrons. The van der Waals surface area contributed by atoms with Crippen LogP contribution in [0, 0.1) is 0 Å². The van der Waals surface area contributed by atoms with E-state index in [4.69, 9.17) is 29.6 Å². The Labute approximate surface area is 106 Å². The molecule has 0 spiro atoms. The molecule has 2 heterocycles. The summed E-state index contributed by atoms with van der Waals surface area (Å²) in [4.78, 5) is 15.3. The molecule has 2 aromatic rings. The van der Waals surface area contributed by atoms with Crippen LogP contribution in [0.25, 0.3) is 0 Å². The Morgan fingerprint density at radius 1 is 1.59 bits per heavy atom. The third-order valence-corrected chi connectivity index (χ3v) is 2.43. The number of thiocarbonyl (C=S) groups is 1. The highest BCUT2D eigenvalue weighted by Crippen LogP contribution is 2.09. The molecule has 2 aromatic heterocycles. The van der Waals surface area contributed by atoms with Crippen LogP contribution >= 0.6 is 23.8 Å². The van der Waals surface area contributed by atoms with Gasteiger partial charge in [-0.1, -0.05) is 11.6 Å². The van der Waals surface area contributed by atoms with Crippen LogP contribution in [0.1, 0.15) is 0 Å². The number of nitrogens with one attached hydrogen (secondary N) is 2. The zero-order chi connectivity index (χ0) is 12.4. The van der Waals surface area contributed by atoms with E-state index in [0.717, 1.165) is 4.68 Å². The number of nitrogens with zero attached hydrogens (tertiary/aromatic N) is 2. The second-order valence-corrected chi connectivity index (χ2v) is 3.96. The largest absolute Gasteiger partial charge is 0.384 e. The highest BCUT2D eigenvalue weighted by molar-refractivity contribution is 7.80. The van der Waals surface area contributed by atoms with Gasteiger partial charge in [-0.25, -0.2) is 4.98 Å². The number of nitrogens with two attached hydrogens (primary N) is 1. The first-order valence-electron chi connectivity index (χ1n) is 4.57. The monoisotopic (exact) mass is 269 g/mol. The summed E-state index contributed by atoms with van der Waals surface area (Å²) in [6, 6.07) is 4.55. The third-order valence-electron chi connectivity index (χ3n) is 1.92. The molecule has 2 rings (SSSR count). The molecule has 0 unspecified atom stereocenters. The van der Waals surface area contributed by atoms with Gasteiger partial charge >= 0.3 is 0 Å². The van der Waals surface area contributed by atoms with Crippen molar-refractivity contribution in [2.75, 3.05) is 11.1 Å². The number of anilines is 2. The minimum absolute atomic E-state index is 0.177. The molecule has 0 saturated heterocycles. The maximum Gasteiger partial charge on any atom is 0.275 e. The number of hydrogen-bond acceptors (Lipinski definition) is 4. The molecule has 0 aliphatic heterocycles. The summed E-state index contributed by atoms with van der Waals surface area (Å²) in [6.45, 7) is 0. The van der Waals surface area contributed by atoms with Gasteiger partial charge in [-0.3, -0.25) is 9.89 Å². The Kier molecular flexibility index (Phi) is 3.12. The minimum Gasteiger partial charge on any atom is -0.384 e. The van der Waals surface area contributed by atoms with Gasteiger partial charge in [0.2, 0.25) is 0 Å². The van der Waals surface area contributed by atoms with Gasteiger partial charge in [-0.15, -0.1) is 0 Å². The molecule has 0 aliphatic rings. The Hall–Kier alpha value is -1.86. The van der Waals surface area contributed by atoms with Crippen LogP contribution in [0.2, 0.25) is 5.15 Å². The van der Waals surface area contributed by atoms with E-state index in [-0.39, 0.29) is 16.5 Å².